The molecule has 0 aliphatic rings. The van der Waals surface area contributed by atoms with Crippen LogP contribution in [0.4, 0.5) is 5.69 Å². The van der Waals surface area contributed by atoms with Gasteiger partial charge in [0, 0.05) is 11.3 Å². The van der Waals surface area contributed by atoms with Crippen LogP contribution in [0.3, 0.4) is 0 Å². The van der Waals surface area contributed by atoms with Gasteiger partial charge in [0.2, 0.25) is 0 Å². The molecule has 3 aromatic rings. The van der Waals surface area contributed by atoms with Crippen LogP contribution in [0.1, 0.15) is 21.5 Å². The zero-order valence-corrected chi connectivity index (χ0v) is 17.6. The lowest BCUT2D eigenvalue weighted by Crippen LogP contribution is -2.30. The summed E-state index contributed by atoms with van der Waals surface area (Å²) in [4.78, 5) is 25.7. The van der Waals surface area contributed by atoms with Gasteiger partial charge in [-0.2, -0.15) is 0 Å². The summed E-state index contributed by atoms with van der Waals surface area (Å²) in [5.74, 6) is 0.263. The number of benzene rings is 3. The second kappa shape index (κ2) is 10.1. The van der Waals surface area contributed by atoms with Crippen molar-refractivity contribution in [2.75, 3.05) is 19.5 Å². The molecular formula is C25H24N2O4. The Bertz CT molecular complexity index is 1090. The van der Waals surface area contributed by atoms with E-state index in [2.05, 4.69) is 10.6 Å². The molecule has 0 fully saturated rings. The summed E-state index contributed by atoms with van der Waals surface area (Å²) in [5, 5.41) is 5.53. The summed E-state index contributed by atoms with van der Waals surface area (Å²) in [7, 11) is 3.08. The number of rotatable bonds is 7. The third-order valence-corrected chi connectivity index (χ3v) is 4.56. The van der Waals surface area contributed by atoms with Crippen molar-refractivity contribution in [3.05, 3.63) is 95.2 Å². The maximum Gasteiger partial charge on any atom is 0.272 e. The number of hydrogen-bond acceptors (Lipinski definition) is 4. The number of anilines is 1. The molecule has 158 valence electrons. The van der Waals surface area contributed by atoms with E-state index in [1.165, 1.54) is 7.11 Å². The summed E-state index contributed by atoms with van der Waals surface area (Å²) in [6, 6.07) is 21.4. The highest BCUT2D eigenvalue weighted by Crippen LogP contribution is 2.28. The molecule has 2 amide bonds. The first kappa shape index (κ1) is 21.6. The topological polar surface area (TPSA) is 76.7 Å². The van der Waals surface area contributed by atoms with E-state index >= 15 is 0 Å². The average Bonchev–Trinajstić information content (AvgIpc) is 2.79. The first-order valence-electron chi connectivity index (χ1n) is 9.68. The van der Waals surface area contributed by atoms with Gasteiger partial charge in [-0.05, 0) is 55.0 Å². The molecule has 2 N–H and O–H groups in total. The van der Waals surface area contributed by atoms with E-state index in [-0.39, 0.29) is 11.6 Å². The van der Waals surface area contributed by atoms with Crippen LogP contribution in [0, 0.1) is 6.92 Å². The standard InChI is InChI=1S/C25H24N2O4/c1-17-9-12-19(13-10-17)24(28)27-21(25(29)26-20-7-5-4-6-8-20)15-18-11-14-22(30-2)23(16-18)31-3/h4-16H,1-3H3,(H,26,29)(H,27,28). The van der Waals surface area contributed by atoms with Crippen molar-refractivity contribution < 1.29 is 19.1 Å². The predicted octanol–water partition coefficient (Wildman–Crippen LogP) is 4.42. The number of para-hydroxylation sites is 1. The third-order valence-electron chi connectivity index (χ3n) is 4.56. The third kappa shape index (κ3) is 5.73. The molecule has 6 nitrogen and oxygen atoms in total. The van der Waals surface area contributed by atoms with Gasteiger partial charge in [-0.15, -0.1) is 0 Å². The van der Waals surface area contributed by atoms with Crippen molar-refractivity contribution in [1.82, 2.24) is 5.32 Å². The van der Waals surface area contributed by atoms with Gasteiger partial charge >= 0.3 is 0 Å². The molecule has 0 atom stereocenters. The largest absolute Gasteiger partial charge is 0.493 e. The lowest BCUT2D eigenvalue weighted by atomic mass is 10.1. The minimum absolute atomic E-state index is 0.0987. The molecule has 0 saturated heterocycles. The molecular weight excluding hydrogens is 392 g/mol. The van der Waals surface area contributed by atoms with E-state index in [9.17, 15) is 9.59 Å². The lowest BCUT2D eigenvalue weighted by molar-refractivity contribution is -0.113. The highest BCUT2D eigenvalue weighted by molar-refractivity contribution is 6.10. The summed E-state index contributed by atoms with van der Waals surface area (Å²) < 4.78 is 10.6. The van der Waals surface area contributed by atoms with E-state index < -0.39 is 5.91 Å². The number of amides is 2. The Morgan fingerprint density at radius 2 is 1.52 bits per heavy atom. The zero-order chi connectivity index (χ0) is 22.2. The number of aryl methyl sites for hydroxylation is 1. The van der Waals surface area contributed by atoms with Crippen LogP contribution < -0.4 is 20.1 Å². The number of hydrogen-bond donors (Lipinski definition) is 2. The Labute approximate surface area is 181 Å². The van der Waals surface area contributed by atoms with E-state index in [1.54, 1.807) is 55.7 Å². The zero-order valence-electron chi connectivity index (χ0n) is 17.6. The van der Waals surface area contributed by atoms with Crippen LogP contribution in [-0.4, -0.2) is 26.0 Å². The Morgan fingerprint density at radius 1 is 0.839 bits per heavy atom. The van der Waals surface area contributed by atoms with Crippen LogP contribution in [0.15, 0.2) is 78.5 Å². The van der Waals surface area contributed by atoms with Gasteiger partial charge in [-0.3, -0.25) is 9.59 Å². The number of carbonyl (C=O) groups is 2. The van der Waals surface area contributed by atoms with Crippen molar-refractivity contribution in [2.45, 2.75) is 6.92 Å². The SMILES string of the molecule is COc1ccc(C=C(NC(=O)c2ccc(C)cc2)C(=O)Nc2ccccc2)cc1OC. The fraction of sp³-hybridized carbons (Fsp3) is 0.120. The molecule has 0 radical (unpaired) electrons. The predicted molar refractivity (Wildman–Crippen MR) is 121 cm³/mol. The van der Waals surface area contributed by atoms with E-state index in [0.29, 0.717) is 28.3 Å². The van der Waals surface area contributed by atoms with Gasteiger partial charge in [-0.1, -0.05) is 42.0 Å². The van der Waals surface area contributed by atoms with E-state index in [4.69, 9.17) is 9.47 Å². The molecule has 0 aromatic heterocycles. The van der Waals surface area contributed by atoms with Crippen molar-refractivity contribution in [3.8, 4) is 11.5 Å². The highest BCUT2D eigenvalue weighted by Gasteiger charge is 2.16. The highest BCUT2D eigenvalue weighted by atomic mass is 16.5. The van der Waals surface area contributed by atoms with E-state index in [1.807, 2.05) is 37.3 Å². The first-order valence-corrected chi connectivity index (χ1v) is 9.68. The van der Waals surface area contributed by atoms with Gasteiger partial charge in [0.25, 0.3) is 11.8 Å². The minimum atomic E-state index is -0.443. The molecule has 3 rings (SSSR count). The molecule has 0 aliphatic carbocycles. The van der Waals surface area contributed by atoms with Crippen molar-refractivity contribution in [2.24, 2.45) is 0 Å². The van der Waals surface area contributed by atoms with Crippen LogP contribution in [0.25, 0.3) is 6.08 Å². The molecule has 0 aliphatic heterocycles. The monoisotopic (exact) mass is 416 g/mol. The van der Waals surface area contributed by atoms with Crippen LogP contribution in [0.2, 0.25) is 0 Å². The number of ether oxygens (including phenoxy) is 2. The summed E-state index contributed by atoms with van der Waals surface area (Å²) >= 11 is 0. The molecule has 0 unspecified atom stereocenters. The number of methoxy groups -OCH3 is 2. The van der Waals surface area contributed by atoms with Crippen LogP contribution in [0.5, 0.6) is 11.5 Å². The second-order valence-corrected chi connectivity index (χ2v) is 6.81. The van der Waals surface area contributed by atoms with Crippen molar-refractivity contribution >= 4 is 23.6 Å². The molecule has 0 saturated carbocycles. The average molecular weight is 416 g/mol. The first-order chi connectivity index (χ1) is 15.0. The summed E-state index contributed by atoms with van der Waals surface area (Å²) in [6.45, 7) is 1.94. The number of nitrogens with one attached hydrogen (secondary N) is 2. The van der Waals surface area contributed by atoms with Crippen molar-refractivity contribution in [1.29, 1.82) is 0 Å². The van der Waals surface area contributed by atoms with E-state index in [0.717, 1.165) is 5.56 Å². The van der Waals surface area contributed by atoms with Gasteiger partial charge in [-0.25, -0.2) is 0 Å². The van der Waals surface area contributed by atoms with Gasteiger partial charge in [0.05, 0.1) is 14.2 Å². The molecule has 6 heteroatoms. The summed E-state index contributed by atoms with van der Waals surface area (Å²) in [5.41, 5.74) is 2.88. The van der Waals surface area contributed by atoms with Gasteiger partial charge in [0.15, 0.2) is 11.5 Å². The van der Waals surface area contributed by atoms with Gasteiger partial charge in [0.1, 0.15) is 5.70 Å². The summed E-state index contributed by atoms with van der Waals surface area (Å²) in [6.07, 6.45) is 1.59. The fourth-order valence-corrected chi connectivity index (χ4v) is 2.89. The quantitative estimate of drug-likeness (QED) is 0.559. The normalized spacial score (nSPS) is 10.9. The fourth-order valence-electron chi connectivity index (χ4n) is 2.89. The van der Waals surface area contributed by atoms with Crippen molar-refractivity contribution in [3.63, 3.8) is 0 Å². The second-order valence-electron chi connectivity index (χ2n) is 6.81. The lowest BCUT2D eigenvalue weighted by Gasteiger charge is -2.12. The Hall–Kier alpha value is -4.06. The number of carbonyl (C=O) groups excluding carboxylic acids is 2. The molecule has 31 heavy (non-hydrogen) atoms. The van der Waals surface area contributed by atoms with Crippen LogP contribution in [-0.2, 0) is 4.79 Å². The van der Waals surface area contributed by atoms with Gasteiger partial charge < -0.3 is 20.1 Å². The Kier molecular flexibility index (Phi) is 7.06. The Morgan fingerprint density at radius 3 is 2.16 bits per heavy atom. The molecule has 0 bridgehead atoms. The minimum Gasteiger partial charge on any atom is -0.493 e. The van der Waals surface area contributed by atoms with Crippen LogP contribution >= 0.6 is 0 Å². The maximum absolute atomic E-state index is 13.0. The smallest absolute Gasteiger partial charge is 0.272 e. The maximum atomic E-state index is 13.0. The Balaban J connectivity index is 1.93. The molecule has 0 spiro atoms. The molecule has 3 aromatic carbocycles. The molecule has 0 heterocycles.